The average molecular weight is 257 g/mol. The Bertz CT molecular complexity index is 613. The van der Waals surface area contributed by atoms with Gasteiger partial charge in [-0.3, -0.25) is 4.79 Å². The number of hydrogen-bond donors (Lipinski definition) is 1. The van der Waals surface area contributed by atoms with Crippen LogP contribution in [0.25, 0.3) is 11.0 Å². The monoisotopic (exact) mass is 257 g/mol. The van der Waals surface area contributed by atoms with Crippen molar-refractivity contribution < 1.29 is 4.79 Å². The lowest BCUT2D eigenvalue weighted by Gasteiger charge is -2.18. The molecule has 0 spiro atoms. The minimum atomic E-state index is -0.185. The van der Waals surface area contributed by atoms with Crippen LogP contribution in [0, 0.1) is 0 Å². The molecule has 2 rings (SSSR count). The fourth-order valence-electron chi connectivity index (χ4n) is 2.25. The van der Waals surface area contributed by atoms with Crippen molar-refractivity contribution >= 4 is 16.9 Å². The van der Waals surface area contributed by atoms with E-state index in [4.69, 9.17) is 0 Å². The number of carbonyl (C=O) groups excluding carboxylic acids is 1. The predicted molar refractivity (Wildman–Crippen MR) is 76.9 cm³/mol. The molecule has 4 heteroatoms. The number of nitrogens with one attached hydrogen (secondary N) is 1. The Balaban J connectivity index is 2.49. The second-order valence-corrected chi connectivity index (χ2v) is 4.86. The molecule has 0 fully saturated rings. The van der Waals surface area contributed by atoms with E-state index < -0.39 is 0 Å². The summed E-state index contributed by atoms with van der Waals surface area (Å²) in [6.07, 6.45) is 1.28. The summed E-state index contributed by atoms with van der Waals surface area (Å²) < 4.78 is 2.16. The van der Waals surface area contributed by atoms with Gasteiger partial charge in [-0.05, 0) is 39.0 Å². The molecule has 1 amide bonds. The number of rotatable bonds is 4. The van der Waals surface area contributed by atoms with Crippen LogP contribution in [-0.4, -0.2) is 15.5 Å². The van der Waals surface area contributed by atoms with Crippen LogP contribution in [0.1, 0.15) is 38.7 Å². The van der Waals surface area contributed by atoms with Gasteiger partial charge in [0.15, 0.2) is 0 Å². The molecule has 19 heavy (non-hydrogen) atoms. The summed E-state index contributed by atoms with van der Waals surface area (Å²) >= 11 is 0. The highest BCUT2D eigenvalue weighted by atomic mass is 16.1. The molecular weight excluding hydrogens is 238 g/mol. The highest BCUT2D eigenvalue weighted by Crippen LogP contribution is 2.24. The van der Waals surface area contributed by atoms with Crippen LogP contribution in [0.2, 0.25) is 0 Å². The molecule has 2 aromatic rings. The van der Waals surface area contributed by atoms with Crippen LogP contribution < -0.4 is 5.32 Å². The van der Waals surface area contributed by atoms with Crippen LogP contribution in [0.4, 0.5) is 0 Å². The molecule has 0 bridgehead atoms. The Hall–Kier alpha value is -2.10. The zero-order valence-corrected chi connectivity index (χ0v) is 11.6. The molecule has 0 aliphatic rings. The number of fused-ring (bicyclic) bond motifs is 1. The standard InChI is InChI=1S/C15H19N3O/c1-5-14(19)16-11(4)15-17-12-8-6-7-9-13(12)18(15)10(2)3/h5-11H,1H2,2-4H3,(H,16,19). The molecule has 0 radical (unpaired) electrons. The Morgan fingerprint density at radius 2 is 2.05 bits per heavy atom. The van der Waals surface area contributed by atoms with Gasteiger partial charge in [0.2, 0.25) is 5.91 Å². The van der Waals surface area contributed by atoms with Gasteiger partial charge in [0.1, 0.15) is 5.82 Å². The van der Waals surface area contributed by atoms with Crippen molar-refractivity contribution in [3.8, 4) is 0 Å². The molecule has 1 N–H and O–H groups in total. The molecule has 1 aromatic carbocycles. The van der Waals surface area contributed by atoms with Crippen molar-refractivity contribution in [2.24, 2.45) is 0 Å². The van der Waals surface area contributed by atoms with Gasteiger partial charge in [0.25, 0.3) is 0 Å². The van der Waals surface area contributed by atoms with Crippen LogP contribution in [-0.2, 0) is 4.79 Å². The smallest absolute Gasteiger partial charge is 0.243 e. The minimum absolute atomic E-state index is 0.153. The van der Waals surface area contributed by atoms with Gasteiger partial charge in [-0.1, -0.05) is 18.7 Å². The fraction of sp³-hybridized carbons (Fsp3) is 0.333. The quantitative estimate of drug-likeness (QED) is 0.856. The van der Waals surface area contributed by atoms with E-state index in [1.807, 2.05) is 31.2 Å². The first-order chi connectivity index (χ1) is 9.04. The van der Waals surface area contributed by atoms with E-state index in [0.29, 0.717) is 0 Å². The zero-order chi connectivity index (χ0) is 14.0. The van der Waals surface area contributed by atoms with E-state index in [9.17, 15) is 4.79 Å². The third kappa shape index (κ3) is 2.52. The average Bonchev–Trinajstić information content (AvgIpc) is 2.77. The van der Waals surface area contributed by atoms with Gasteiger partial charge in [-0.15, -0.1) is 0 Å². The maximum atomic E-state index is 11.4. The summed E-state index contributed by atoms with van der Waals surface area (Å²) in [6.45, 7) is 9.62. The Morgan fingerprint density at radius 3 is 2.68 bits per heavy atom. The number of hydrogen-bond acceptors (Lipinski definition) is 2. The van der Waals surface area contributed by atoms with Gasteiger partial charge in [0, 0.05) is 6.04 Å². The van der Waals surface area contributed by atoms with E-state index in [1.54, 1.807) is 0 Å². The fourth-order valence-corrected chi connectivity index (χ4v) is 2.25. The summed E-state index contributed by atoms with van der Waals surface area (Å²) in [4.78, 5) is 16.1. The Kier molecular flexibility index (Phi) is 3.69. The number of para-hydroxylation sites is 2. The summed E-state index contributed by atoms with van der Waals surface area (Å²) in [5.74, 6) is 0.682. The molecule has 0 saturated carbocycles. The van der Waals surface area contributed by atoms with Gasteiger partial charge >= 0.3 is 0 Å². The molecule has 0 aliphatic heterocycles. The van der Waals surface area contributed by atoms with Crippen LogP contribution >= 0.6 is 0 Å². The van der Waals surface area contributed by atoms with E-state index >= 15 is 0 Å². The second kappa shape index (κ2) is 5.26. The number of benzene rings is 1. The molecule has 1 heterocycles. The van der Waals surface area contributed by atoms with E-state index in [2.05, 4.69) is 35.3 Å². The molecule has 1 aromatic heterocycles. The van der Waals surface area contributed by atoms with E-state index in [0.717, 1.165) is 16.9 Å². The summed E-state index contributed by atoms with van der Waals surface area (Å²) in [5, 5.41) is 2.86. The first-order valence-corrected chi connectivity index (χ1v) is 6.44. The maximum Gasteiger partial charge on any atom is 0.243 e. The third-order valence-electron chi connectivity index (χ3n) is 3.07. The number of amides is 1. The minimum Gasteiger partial charge on any atom is -0.343 e. The Morgan fingerprint density at radius 1 is 1.37 bits per heavy atom. The molecular formula is C15H19N3O. The van der Waals surface area contributed by atoms with Crippen LogP contribution in [0.3, 0.4) is 0 Å². The summed E-state index contributed by atoms with van der Waals surface area (Å²) in [6, 6.07) is 8.13. The van der Waals surface area contributed by atoms with Gasteiger partial charge in [-0.2, -0.15) is 0 Å². The summed E-state index contributed by atoms with van der Waals surface area (Å²) in [7, 11) is 0. The highest BCUT2D eigenvalue weighted by molar-refractivity contribution is 5.87. The van der Waals surface area contributed by atoms with Gasteiger partial charge in [-0.25, -0.2) is 4.98 Å². The first-order valence-electron chi connectivity index (χ1n) is 6.44. The zero-order valence-electron chi connectivity index (χ0n) is 11.6. The van der Waals surface area contributed by atoms with Crippen molar-refractivity contribution in [1.82, 2.24) is 14.9 Å². The number of carbonyl (C=O) groups is 1. The van der Waals surface area contributed by atoms with Crippen LogP contribution in [0.15, 0.2) is 36.9 Å². The largest absolute Gasteiger partial charge is 0.343 e. The van der Waals surface area contributed by atoms with Crippen molar-refractivity contribution in [2.45, 2.75) is 32.9 Å². The SMILES string of the molecule is C=CC(=O)NC(C)c1nc2ccccc2n1C(C)C. The lowest BCUT2D eigenvalue weighted by atomic mass is 10.2. The maximum absolute atomic E-state index is 11.4. The lowest BCUT2D eigenvalue weighted by Crippen LogP contribution is -2.27. The van der Waals surface area contributed by atoms with Gasteiger partial charge in [0.05, 0.1) is 17.1 Å². The topological polar surface area (TPSA) is 46.9 Å². The Labute approximate surface area is 113 Å². The molecule has 1 unspecified atom stereocenters. The van der Waals surface area contributed by atoms with Crippen molar-refractivity contribution in [1.29, 1.82) is 0 Å². The molecule has 1 atom stereocenters. The van der Waals surface area contributed by atoms with Crippen molar-refractivity contribution in [3.05, 3.63) is 42.7 Å². The van der Waals surface area contributed by atoms with Crippen LogP contribution in [0.5, 0.6) is 0 Å². The van der Waals surface area contributed by atoms with E-state index in [-0.39, 0.29) is 18.0 Å². The first kappa shape index (κ1) is 13.3. The third-order valence-corrected chi connectivity index (χ3v) is 3.07. The molecule has 100 valence electrons. The van der Waals surface area contributed by atoms with E-state index in [1.165, 1.54) is 6.08 Å². The number of nitrogens with zero attached hydrogens (tertiary/aromatic N) is 2. The van der Waals surface area contributed by atoms with Crippen molar-refractivity contribution in [2.75, 3.05) is 0 Å². The lowest BCUT2D eigenvalue weighted by molar-refractivity contribution is -0.117. The van der Waals surface area contributed by atoms with Gasteiger partial charge < -0.3 is 9.88 Å². The molecule has 4 nitrogen and oxygen atoms in total. The second-order valence-electron chi connectivity index (χ2n) is 4.86. The number of imidazole rings is 1. The highest BCUT2D eigenvalue weighted by Gasteiger charge is 2.18. The molecule has 0 aliphatic carbocycles. The molecule has 0 saturated heterocycles. The number of aromatic nitrogens is 2. The predicted octanol–water partition coefficient (Wildman–Crippen LogP) is 2.98. The van der Waals surface area contributed by atoms with Crippen molar-refractivity contribution in [3.63, 3.8) is 0 Å². The summed E-state index contributed by atoms with van der Waals surface area (Å²) in [5.41, 5.74) is 2.04. The normalized spacial score (nSPS) is 12.6.